The number of likely N-dealkylation sites (N-methyl/N-ethyl adjacent to an activating group) is 1. The maximum atomic E-state index is 12.8. The van der Waals surface area contributed by atoms with Crippen LogP contribution in [0.25, 0.3) is 0 Å². The normalized spacial score (nSPS) is 16.8. The molecule has 1 saturated heterocycles. The van der Waals surface area contributed by atoms with Gasteiger partial charge in [-0.2, -0.15) is 0 Å². The van der Waals surface area contributed by atoms with Crippen LogP contribution in [0.1, 0.15) is 26.1 Å². The summed E-state index contributed by atoms with van der Waals surface area (Å²) in [5, 5.41) is 10.7. The fourth-order valence-corrected chi connectivity index (χ4v) is 3.26. The highest BCUT2D eigenvalue weighted by Gasteiger charge is 2.38. The van der Waals surface area contributed by atoms with Crippen LogP contribution in [0.5, 0.6) is 0 Å². The van der Waals surface area contributed by atoms with E-state index in [-0.39, 0.29) is 18.5 Å². The molecule has 0 aliphatic carbocycles. The first-order valence-electron chi connectivity index (χ1n) is 8.93. The molecule has 138 valence electrons. The third-order valence-corrected chi connectivity index (χ3v) is 4.66. The van der Waals surface area contributed by atoms with Gasteiger partial charge < -0.3 is 19.7 Å². The Hall–Kier alpha value is -2.90. The molecule has 1 aromatic carbocycles. The predicted octanol–water partition coefficient (Wildman–Crippen LogP) is 1.63. The SMILES string of the molecule is CCN(C(=O)NCc1nncn1CC)[C@@H]1CCN(c2ccccc2)C1=O. The van der Waals surface area contributed by atoms with Gasteiger partial charge in [0.05, 0.1) is 6.54 Å². The monoisotopic (exact) mass is 356 g/mol. The van der Waals surface area contributed by atoms with E-state index in [1.807, 2.05) is 48.7 Å². The smallest absolute Gasteiger partial charge is 0.318 e. The topological polar surface area (TPSA) is 83.4 Å². The van der Waals surface area contributed by atoms with Gasteiger partial charge in [-0.05, 0) is 32.4 Å². The molecule has 8 heteroatoms. The Labute approximate surface area is 152 Å². The van der Waals surface area contributed by atoms with Crippen LogP contribution < -0.4 is 10.2 Å². The molecule has 2 heterocycles. The summed E-state index contributed by atoms with van der Waals surface area (Å²) >= 11 is 0. The van der Waals surface area contributed by atoms with E-state index in [2.05, 4.69) is 15.5 Å². The van der Waals surface area contributed by atoms with Gasteiger partial charge in [-0.25, -0.2) is 4.79 Å². The molecular formula is C18H24N6O2. The lowest BCUT2D eigenvalue weighted by Crippen LogP contribution is -2.49. The van der Waals surface area contributed by atoms with E-state index < -0.39 is 6.04 Å². The summed E-state index contributed by atoms with van der Waals surface area (Å²) in [5.74, 6) is 0.658. The second-order valence-electron chi connectivity index (χ2n) is 6.11. The molecule has 0 saturated carbocycles. The Bertz CT molecular complexity index is 760. The van der Waals surface area contributed by atoms with Crippen LogP contribution in [0.15, 0.2) is 36.7 Å². The molecule has 1 N–H and O–H groups in total. The predicted molar refractivity (Wildman–Crippen MR) is 97.5 cm³/mol. The molecule has 0 radical (unpaired) electrons. The third-order valence-electron chi connectivity index (χ3n) is 4.66. The quantitative estimate of drug-likeness (QED) is 0.853. The van der Waals surface area contributed by atoms with Crippen LogP contribution in [0.4, 0.5) is 10.5 Å². The van der Waals surface area contributed by atoms with Gasteiger partial charge in [-0.1, -0.05) is 18.2 Å². The Morgan fingerprint density at radius 2 is 2.08 bits per heavy atom. The standard InChI is InChI=1S/C18H24N6O2/c1-3-22-13-20-21-16(22)12-19-18(26)23(4-2)15-10-11-24(17(15)25)14-8-6-5-7-9-14/h5-9,13,15H,3-4,10-12H2,1-2H3,(H,19,26)/t15-/m1/s1. The van der Waals surface area contributed by atoms with Crippen LogP contribution in [0.3, 0.4) is 0 Å². The summed E-state index contributed by atoms with van der Waals surface area (Å²) in [6, 6.07) is 8.86. The maximum Gasteiger partial charge on any atom is 0.318 e. The number of carbonyl (C=O) groups excluding carboxylic acids is 2. The molecule has 1 atom stereocenters. The summed E-state index contributed by atoms with van der Waals surface area (Å²) in [4.78, 5) is 28.8. The second-order valence-corrected chi connectivity index (χ2v) is 6.11. The number of nitrogens with one attached hydrogen (secondary N) is 1. The molecule has 3 amide bonds. The number of aryl methyl sites for hydroxylation is 1. The molecule has 0 bridgehead atoms. The highest BCUT2D eigenvalue weighted by atomic mass is 16.2. The Morgan fingerprint density at radius 3 is 2.77 bits per heavy atom. The lowest BCUT2D eigenvalue weighted by atomic mass is 10.2. The highest BCUT2D eigenvalue weighted by Crippen LogP contribution is 2.24. The van der Waals surface area contributed by atoms with Crippen molar-refractivity contribution in [3.8, 4) is 0 Å². The maximum absolute atomic E-state index is 12.8. The van der Waals surface area contributed by atoms with Crippen LogP contribution in [-0.4, -0.2) is 50.7 Å². The van der Waals surface area contributed by atoms with Crippen molar-refractivity contribution >= 4 is 17.6 Å². The fraction of sp³-hybridized carbons (Fsp3) is 0.444. The van der Waals surface area contributed by atoms with Gasteiger partial charge in [-0.15, -0.1) is 10.2 Å². The van der Waals surface area contributed by atoms with Crippen LogP contribution in [0, 0.1) is 0 Å². The van der Waals surface area contributed by atoms with Crippen molar-refractivity contribution in [2.24, 2.45) is 0 Å². The number of anilines is 1. The number of benzene rings is 1. The van der Waals surface area contributed by atoms with Crippen molar-refractivity contribution in [2.75, 3.05) is 18.0 Å². The van der Waals surface area contributed by atoms with Crippen molar-refractivity contribution in [1.82, 2.24) is 25.0 Å². The third kappa shape index (κ3) is 3.54. The number of urea groups is 1. The molecule has 26 heavy (non-hydrogen) atoms. The largest absolute Gasteiger partial charge is 0.331 e. The van der Waals surface area contributed by atoms with Gasteiger partial charge in [0.2, 0.25) is 5.91 Å². The minimum Gasteiger partial charge on any atom is -0.331 e. The van der Waals surface area contributed by atoms with Gasteiger partial charge >= 0.3 is 6.03 Å². The lowest BCUT2D eigenvalue weighted by Gasteiger charge is -2.27. The number of hydrogen-bond donors (Lipinski definition) is 1. The van der Waals surface area contributed by atoms with Crippen molar-refractivity contribution in [2.45, 2.75) is 39.4 Å². The molecule has 1 aliphatic rings. The zero-order chi connectivity index (χ0) is 18.5. The van der Waals surface area contributed by atoms with Gasteiger partial charge in [0.1, 0.15) is 12.4 Å². The van der Waals surface area contributed by atoms with Crippen molar-refractivity contribution < 1.29 is 9.59 Å². The first-order chi connectivity index (χ1) is 12.7. The molecule has 0 unspecified atom stereocenters. The molecule has 1 fully saturated rings. The highest BCUT2D eigenvalue weighted by molar-refractivity contribution is 6.01. The van der Waals surface area contributed by atoms with E-state index in [9.17, 15) is 9.59 Å². The summed E-state index contributed by atoms with van der Waals surface area (Å²) in [6.07, 6.45) is 2.26. The fourth-order valence-electron chi connectivity index (χ4n) is 3.26. The average molecular weight is 356 g/mol. The van der Waals surface area contributed by atoms with E-state index in [1.54, 1.807) is 16.1 Å². The number of rotatable bonds is 6. The molecule has 3 rings (SSSR count). The summed E-state index contributed by atoms with van der Waals surface area (Å²) in [6.45, 7) is 5.97. The van der Waals surface area contributed by atoms with E-state index >= 15 is 0 Å². The van der Waals surface area contributed by atoms with E-state index in [0.29, 0.717) is 25.3 Å². The zero-order valence-electron chi connectivity index (χ0n) is 15.1. The first-order valence-corrected chi connectivity index (χ1v) is 8.93. The minimum atomic E-state index is -0.441. The van der Waals surface area contributed by atoms with E-state index in [0.717, 1.165) is 12.2 Å². The van der Waals surface area contributed by atoms with E-state index in [4.69, 9.17) is 0 Å². The number of nitrogens with zero attached hydrogens (tertiary/aromatic N) is 5. The molecule has 2 aromatic rings. The summed E-state index contributed by atoms with van der Waals surface area (Å²) in [7, 11) is 0. The van der Waals surface area contributed by atoms with Crippen LogP contribution >= 0.6 is 0 Å². The molecule has 1 aromatic heterocycles. The molecular weight excluding hydrogens is 332 g/mol. The average Bonchev–Trinajstić information content (AvgIpc) is 3.28. The minimum absolute atomic E-state index is 0.0371. The first kappa shape index (κ1) is 17.9. The van der Waals surface area contributed by atoms with E-state index in [1.165, 1.54) is 0 Å². The van der Waals surface area contributed by atoms with Crippen molar-refractivity contribution in [3.63, 3.8) is 0 Å². The Kier molecular flexibility index (Phi) is 5.50. The number of carbonyl (C=O) groups is 2. The summed E-state index contributed by atoms with van der Waals surface area (Å²) in [5.41, 5.74) is 0.868. The summed E-state index contributed by atoms with van der Waals surface area (Å²) < 4.78 is 1.87. The van der Waals surface area contributed by atoms with Gasteiger partial charge in [0.25, 0.3) is 0 Å². The Morgan fingerprint density at radius 1 is 1.31 bits per heavy atom. The van der Waals surface area contributed by atoms with Crippen molar-refractivity contribution in [3.05, 3.63) is 42.5 Å². The van der Waals surface area contributed by atoms with Gasteiger partial charge in [0, 0.05) is 25.3 Å². The lowest BCUT2D eigenvalue weighted by molar-refractivity contribution is -0.120. The van der Waals surface area contributed by atoms with Gasteiger partial charge in [-0.3, -0.25) is 4.79 Å². The number of hydrogen-bond acceptors (Lipinski definition) is 4. The Balaban J connectivity index is 1.65. The molecule has 8 nitrogen and oxygen atoms in total. The van der Waals surface area contributed by atoms with Gasteiger partial charge in [0.15, 0.2) is 5.82 Å². The second kappa shape index (κ2) is 7.99. The van der Waals surface area contributed by atoms with Crippen molar-refractivity contribution in [1.29, 1.82) is 0 Å². The number of amides is 3. The molecule has 1 aliphatic heterocycles. The molecule has 0 spiro atoms. The van der Waals surface area contributed by atoms with Crippen LogP contribution in [0.2, 0.25) is 0 Å². The zero-order valence-corrected chi connectivity index (χ0v) is 15.1. The number of aromatic nitrogens is 3. The van der Waals surface area contributed by atoms with Crippen LogP contribution in [-0.2, 0) is 17.9 Å². The number of para-hydroxylation sites is 1.